The van der Waals surface area contributed by atoms with Crippen LogP contribution in [-0.4, -0.2) is 21.2 Å². The van der Waals surface area contributed by atoms with Crippen molar-refractivity contribution in [2.45, 2.75) is 32.5 Å². The maximum atomic E-state index is 12.3. The van der Waals surface area contributed by atoms with Gasteiger partial charge in [-0.2, -0.15) is 0 Å². The Kier molecular flexibility index (Phi) is 5.78. The lowest BCUT2D eigenvalue weighted by Gasteiger charge is -2.11. The maximum absolute atomic E-state index is 12.3. The highest BCUT2D eigenvalue weighted by Gasteiger charge is 2.10. The number of carbonyl (C=O) groups excluding carboxylic acids is 1. The summed E-state index contributed by atoms with van der Waals surface area (Å²) in [5, 5.41) is 3.84. The first-order valence-electron chi connectivity index (χ1n) is 8.58. The molecule has 0 aliphatic rings. The molecule has 3 aromatic rings. The fraction of sp³-hybridized carbons (Fsp3) is 0.238. The van der Waals surface area contributed by atoms with Gasteiger partial charge in [0.2, 0.25) is 5.91 Å². The molecule has 0 spiro atoms. The van der Waals surface area contributed by atoms with E-state index < -0.39 is 0 Å². The van der Waals surface area contributed by atoms with E-state index in [1.807, 2.05) is 38.2 Å². The van der Waals surface area contributed by atoms with Crippen LogP contribution < -0.4 is 5.32 Å². The molecule has 1 heterocycles. The van der Waals surface area contributed by atoms with Gasteiger partial charge in [0.1, 0.15) is 0 Å². The second kappa shape index (κ2) is 8.23. The highest BCUT2D eigenvalue weighted by atomic mass is 32.2. The fourth-order valence-electron chi connectivity index (χ4n) is 2.65. The number of aromatic nitrogens is 2. The number of nitrogens with one attached hydrogen (secondary N) is 1. The van der Waals surface area contributed by atoms with Crippen LogP contribution in [0.4, 0.5) is 5.69 Å². The number of hydrogen-bond donors (Lipinski definition) is 1. The number of aryl methyl sites for hydroxylation is 2. The zero-order valence-electron chi connectivity index (χ0n) is 15.3. The lowest BCUT2D eigenvalue weighted by molar-refractivity contribution is -0.113. The second-order valence-electron chi connectivity index (χ2n) is 6.41. The van der Waals surface area contributed by atoms with Crippen LogP contribution in [0.5, 0.6) is 0 Å². The van der Waals surface area contributed by atoms with E-state index in [0.29, 0.717) is 5.75 Å². The predicted octanol–water partition coefficient (Wildman–Crippen LogP) is 4.59. The van der Waals surface area contributed by atoms with Gasteiger partial charge >= 0.3 is 0 Å². The summed E-state index contributed by atoms with van der Waals surface area (Å²) in [6, 6.07) is 14.4. The second-order valence-corrected chi connectivity index (χ2v) is 7.35. The molecule has 4 nitrogen and oxygen atoms in total. The number of rotatable bonds is 6. The molecule has 3 rings (SSSR count). The van der Waals surface area contributed by atoms with Crippen LogP contribution in [0.1, 0.15) is 22.3 Å². The van der Waals surface area contributed by atoms with Crippen molar-refractivity contribution in [1.29, 1.82) is 0 Å². The summed E-state index contributed by atoms with van der Waals surface area (Å²) < 4.78 is 2.07. The van der Waals surface area contributed by atoms with Crippen LogP contribution in [0.3, 0.4) is 0 Å². The van der Waals surface area contributed by atoms with Gasteiger partial charge in [0.15, 0.2) is 5.16 Å². The Morgan fingerprint density at radius 2 is 1.88 bits per heavy atom. The topological polar surface area (TPSA) is 46.9 Å². The first-order chi connectivity index (χ1) is 12.5. The molecular weight excluding hydrogens is 342 g/mol. The van der Waals surface area contributed by atoms with Gasteiger partial charge in [0.25, 0.3) is 0 Å². The molecule has 0 aliphatic heterocycles. The number of amides is 1. The van der Waals surface area contributed by atoms with E-state index in [-0.39, 0.29) is 5.91 Å². The summed E-state index contributed by atoms with van der Waals surface area (Å²) in [7, 11) is 0. The molecule has 2 aromatic carbocycles. The Morgan fingerprint density at radius 3 is 2.65 bits per heavy atom. The Morgan fingerprint density at radius 1 is 1.12 bits per heavy atom. The van der Waals surface area contributed by atoms with E-state index in [4.69, 9.17) is 0 Å². The van der Waals surface area contributed by atoms with Crippen molar-refractivity contribution in [3.05, 3.63) is 77.1 Å². The quantitative estimate of drug-likeness (QED) is 0.650. The number of anilines is 1. The fourth-order valence-corrected chi connectivity index (χ4v) is 3.41. The van der Waals surface area contributed by atoms with E-state index in [9.17, 15) is 4.79 Å². The SMILES string of the molecule is Cc1ccc(Cn2ccnc2SCC(=O)Nc2cccc(C)c2C)cc1. The molecule has 0 radical (unpaired) electrons. The van der Waals surface area contributed by atoms with Gasteiger partial charge in [-0.1, -0.05) is 53.7 Å². The molecule has 0 aliphatic carbocycles. The monoisotopic (exact) mass is 365 g/mol. The summed E-state index contributed by atoms with van der Waals surface area (Å²) in [5.74, 6) is 0.312. The molecular formula is C21H23N3OS. The number of carbonyl (C=O) groups is 1. The van der Waals surface area contributed by atoms with E-state index >= 15 is 0 Å². The summed E-state index contributed by atoms with van der Waals surface area (Å²) in [4.78, 5) is 16.7. The van der Waals surface area contributed by atoms with Crippen LogP contribution in [-0.2, 0) is 11.3 Å². The molecule has 0 saturated carbocycles. The minimum absolute atomic E-state index is 0.0198. The van der Waals surface area contributed by atoms with Gasteiger partial charge in [-0.25, -0.2) is 4.98 Å². The predicted molar refractivity (Wildman–Crippen MR) is 108 cm³/mol. The number of nitrogens with zero attached hydrogens (tertiary/aromatic N) is 2. The summed E-state index contributed by atoms with van der Waals surface area (Å²) in [5.41, 5.74) is 5.61. The summed E-state index contributed by atoms with van der Waals surface area (Å²) in [6.07, 6.45) is 3.73. The van der Waals surface area contributed by atoms with Crippen molar-refractivity contribution in [1.82, 2.24) is 9.55 Å². The molecule has 5 heteroatoms. The van der Waals surface area contributed by atoms with Gasteiger partial charge in [-0.3, -0.25) is 4.79 Å². The van der Waals surface area contributed by atoms with Crippen LogP contribution in [0, 0.1) is 20.8 Å². The van der Waals surface area contributed by atoms with Gasteiger partial charge in [-0.15, -0.1) is 0 Å². The molecule has 0 fully saturated rings. The molecule has 1 N–H and O–H groups in total. The number of benzene rings is 2. The van der Waals surface area contributed by atoms with Crippen molar-refractivity contribution in [2.24, 2.45) is 0 Å². The molecule has 26 heavy (non-hydrogen) atoms. The average Bonchev–Trinajstić information content (AvgIpc) is 3.06. The standard InChI is InChI=1S/C21H23N3OS/c1-15-7-9-18(10-8-15)13-24-12-11-22-21(24)26-14-20(25)23-19-6-4-5-16(2)17(19)3/h4-12H,13-14H2,1-3H3,(H,23,25). The Labute approximate surface area is 158 Å². The molecule has 1 amide bonds. The average molecular weight is 366 g/mol. The zero-order chi connectivity index (χ0) is 18.5. The molecule has 134 valence electrons. The van der Waals surface area contributed by atoms with E-state index in [2.05, 4.69) is 46.1 Å². The van der Waals surface area contributed by atoms with Gasteiger partial charge < -0.3 is 9.88 Å². The molecule has 0 unspecified atom stereocenters. The minimum atomic E-state index is -0.0198. The Bertz CT molecular complexity index is 900. The van der Waals surface area contributed by atoms with Crippen LogP contribution >= 0.6 is 11.8 Å². The first kappa shape index (κ1) is 18.3. The Balaban J connectivity index is 1.60. The summed E-state index contributed by atoms with van der Waals surface area (Å²) >= 11 is 1.45. The van der Waals surface area contributed by atoms with E-state index in [0.717, 1.165) is 23.0 Å². The third-order valence-corrected chi connectivity index (χ3v) is 5.37. The highest BCUT2D eigenvalue weighted by molar-refractivity contribution is 7.99. The lowest BCUT2D eigenvalue weighted by atomic mass is 10.1. The molecule has 0 atom stereocenters. The number of imidazole rings is 1. The minimum Gasteiger partial charge on any atom is -0.325 e. The van der Waals surface area contributed by atoms with Crippen LogP contribution in [0.2, 0.25) is 0 Å². The maximum Gasteiger partial charge on any atom is 0.234 e. The third kappa shape index (κ3) is 4.55. The highest BCUT2D eigenvalue weighted by Crippen LogP contribution is 2.20. The van der Waals surface area contributed by atoms with Gasteiger partial charge in [-0.05, 0) is 43.5 Å². The van der Waals surface area contributed by atoms with Crippen LogP contribution in [0.25, 0.3) is 0 Å². The molecule has 0 bridgehead atoms. The number of thioether (sulfide) groups is 1. The van der Waals surface area contributed by atoms with E-state index in [1.165, 1.54) is 28.5 Å². The normalized spacial score (nSPS) is 10.7. The lowest BCUT2D eigenvalue weighted by Crippen LogP contribution is -2.15. The van der Waals surface area contributed by atoms with Crippen molar-refractivity contribution >= 4 is 23.4 Å². The molecule has 1 aromatic heterocycles. The van der Waals surface area contributed by atoms with Crippen molar-refractivity contribution in [3.8, 4) is 0 Å². The van der Waals surface area contributed by atoms with Crippen molar-refractivity contribution in [2.75, 3.05) is 11.1 Å². The summed E-state index contributed by atoms with van der Waals surface area (Å²) in [6.45, 7) is 6.89. The van der Waals surface area contributed by atoms with Gasteiger partial charge in [0.05, 0.1) is 5.75 Å². The van der Waals surface area contributed by atoms with Crippen molar-refractivity contribution < 1.29 is 4.79 Å². The van der Waals surface area contributed by atoms with Crippen LogP contribution in [0.15, 0.2) is 60.0 Å². The van der Waals surface area contributed by atoms with Gasteiger partial charge in [0, 0.05) is 24.6 Å². The molecule has 0 saturated heterocycles. The zero-order valence-corrected chi connectivity index (χ0v) is 16.1. The van der Waals surface area contributed by atoms with E-state index in [1.54, 1.807) is 6.20 Å². The first-order valence-corrected chi connectivity index (χ1v) is 9.57. The van der Waals surface area contributed by atoms with Crippen molar-refractivity contribution in [3.63, 3.8) is 0 Å². The largest absolute Gasteiger partial charge is 0.325 e. The number of hydrogen-bond acceptors (Lipinski definition) is 3. The Hall–Kier alpha value is -2.53. The third-order valence-electron chi connectivity index (χ3n) is 4.36. The smallest absolute Gasteiger partial charge is 0.234 e.